The van der Waals surface area contributed by atoms with E-state index in [1.165, 1.54) is 4.90 Å². The molecule has 0 bridgehead atoms. The van der Waals surface area contributed by atoms with Crippen LogP contribution in [-0.2, 0) is 12.8 Å². The van der Waals surface area contributed by atoms with Gasteiger partial charge in [0.05, 0.1) is 35.5 Å². The van der Waals surface area contributed by atoms with Gasteiger partial charge in [0, 0.05) is 36.6 Å². The summed E-state index contributed by atoms with van der Waals surface area (Å²) in [5.74, 6) is 1.72. The predicted molar refractivity (Wildman–Crippen MR) is 144 cm³/mol. The Balaban J connectivity index is 1.42. The molecule has 1 aliphatic heterocycles. The molecule has 4 heterocycles. The van der Waals surface area contributed by atoms with Gasteiger partial charge in [0.15, 0.2) is 0 Å². The van der Waals surface area contributed by atoms with Crippen molar-refractivity contribution in [3.05, 3.63) is 53.6 Å². The van der Waals surface area contributed by atoms with Crippen LogP contribution >= 0.6 is 0 Å². The number of rotatable bonds is 8. The molecule has 1 aliphatic rings. The maximum absolute atomic E-state index is 12.7. The van der Waals surface area contributed by atoms with Gasteiger partial charge in [-0.15, -0.1) is 0 Å². The summed E-state index contributed by atoms with van der Waals surface area (Å²) in [5.41, 5.74) is 7.02. The largest absolute Gasteiger partial charge is 0.401 e. The van der Waals surface area contributed by atoms with Crippen molar-refractivity contribution in [1.29, 1.82) is 0 Å². The van der Waals surface area contributed by atoms with E-state index >= 15 is 0 Å². The zero-order valence-corrected chi connectivity index (χ0v) is 22.5. The van der Waals surface area contributed by atoms with Crippen LogP contribution in [0.15, 0.2) is 36.7 Å². The number of alkyl halides is 3. The number of nitrogens with one attached hydrogen (secondary N) is 1. The standard InChI is InChI=1S/C28H34F3N7/c1-6-19-8-9-26(34-23-11-25-24(10-20(23)7-2)33-18(5)38(25)17(3)4)35-27(19)21-12-32-37(13-21)22-14-36(15-22)16-28(29,30)31/h8-13,17,22H,6-7,14-16H2,1-5H3,(H,34,35). The van der Waals surface area contributed by atoms with Gasteiger partial charge in [-0.25, -0.2) is 9.97 Å². The van der Waals surface area contributed by atoms with Crippen molar-refractivity contribution in [2.75, 3.05) is 25.0 Å². The number of anilines is 2. The van der Waals surface area contributed by atoms with Crippen LogP contribution < -0.4 is 5.32 Å². The first-order chi connectivity index (χ1) is 18.1. The fourth-order valence-corrected chi connectivity index (χ4v) is 5.35. The summed E-state index contributed by atoms with van der Waals surface area (Å²) >= 11 is 0. The molecule has 202 valence electrons. The summed E-state index contributed by atoms with van der Waals surface area (Å²) < 4.78 is 42.0. The number of pyridine rings is 1. The monoisotopic (exact) mass is 525 g/mol. The van der Waals surface area contributed by atoms with Gasteiger partial charge < -0.3 is 9.88 Å². The summed E-state index contributed by atoms with van der Waals surface area (Å²) in [5, 5.41) is 8.00. The molecule has 4 aromatic rings. The lowest BCUT2D eigenvalue weighted by molar-refractivity contribution is -0.157. The highest BCUT2D eigenvalue weighted by Crippen LogP contribution is 2.32. The van der Waals surface area contributed by atoms with Crippen LogP contribution in [0.25, 0.3) is 22.3 Å². The SMILES string of the molecule is CCc1cc2nc(C)n(C(C)C)c2cc1Nc1ccc(CC)c(-c2cnn(C3CN(CC(F)(F)F)C3)c2)n1. The van der Waals surface area contributed by atoms with Crippen LogP contribution in [0.4, 0.5) is 24.7 Å². The number of fused-ring (bicyclic) bond motifs is 1. The molecule has 38 heavy (non-hydrogen) atoms. The molecule has 0 unspecified atom stereocenters. The van der Waals surface area contributed by atoms with Crippen molar-refractivity contribution in [2.45, 2.75) is 65.7 Å². The second-order valence-corrected chi connectivity index (χ2v) is 10.3. The molecule has 1 fully saturated rings. The maximum atomic E-state index is 12.7. The molecular weight excluding hydrogens is 491 g/mol. The van der Waals surface area contributed by atoms with E-state index in [0.29, 0.717) is 19.1 Å². The van der Waals surface area contributed by atoms with E-state index in [9.17, 15) is 13.2 Å². The number of hydrogen-bond acceptors (Lipinski definition) is 5. The van der Waals surface area contributed by atoms with Gasteiger partial charge in [-0.1, -0.05) is 19.9 Å². The molecule has 1 N–H and O–H groups in total. The van der Waals surface area contributed by atoms with Crippen molar-refractivity contribution < 1.29 is 13.2 Å². The maximum Gasteiger partial charge on any atom is 0.401 e. The molecule has 0 saturated carbocycles. The number of likely N-dealkylation sites (tertiary alicyclic amines) is 1. The van der Waals surface area contributed by atoms with Crippen LogP contribution in [-0.4, -0.2) is 55.0 Å². The molecule has 5 rings (SSSR count). The minimum atomic E-state index is -4.18. The Kier molecular flexibility index (Phi) is 6.94. The first-order valence-electron chi connectivity index (χ1n) is 13.2. The molecule has 0 spiro atoms. The number of halogens is 3. The number of imidazole rings is 1. The van der Waals surface area contributed by atoms with Crippen LogP contribution in [0.5, 0.6) is 0 Å². The molecule has 0 radical (unpaired) electrons. The molecule has 0 atom stereocenters. The van der Waals surface area contributed by atoms with Crippen molar-refractivity contribution in [2.24, 2.45) is 0 Å². The summed E-state index contributed by atoms with van der Waals surface area (Å²) in [6, 6.07) is 8.60. The Morgan fingerprint density at radius 3 is 2.45 bits per heavy atom. The predicted octanol–water partition coefficient (Wildman–Crippen LogP) is 6.47. The van der Waals surface area contributed by atoms with Gasteiger partial charge in [-0.3, -0.25) is 9.58 Å². The molecule has 0 amide bonds. The Labute approximate surface area is 220 Å². The third-order valence-electron chi connectivity index (χ3n) is 7.20. The first-order valence-corrected chi connectivity index (χ1v) is 13.2. The zero-order valence-electron chi connectivity index (χ0n) is 22.5. The Bertz CT molecular complexity index is 1440. The fourth-order valence-electron chi connectivity index (χ4n) is 5.35. The molecule has 3 aromatic heterocycles. The Morgan fingerprint density at radius 1 is 1.05 bits per heavy atom. The van der Waals surface area contributed by atoms with Crippen molar-refractivity contribution in [3.8, 4) is 11.3 Å². The van der Waals surface area contributed by atoms with Crippen LogP contribution in [0.3, 0.4) is 0 Å². The van der Waals surface area contributed by atoms with Gasteiger partial charge in [0.25, 0.3) is 0 Å². The van der Waals surface area contributed by atoms with E-state index in [1.807, 2.05) is 19.2 Å². The number of aryl methyl sites for hydroxylation is 3. The molecular formula is C28H34F3N7. The van der Waals surface area contributed by atoms with Crippen LogP contribution in [0.2, 0.25) is 0 Å². The minimum absolute atomic E-state index is 0.0643. The summed E-state index contributed by atoms with van der Waals surface area (Å²) in [7, 11) is 0. The zero-order chi connectivity index (χ0) is 27.2. The average Bonchev–Trinajstić information content (AvgIpc) is 3.43. The number of benzene rings is 1. The molecule has 1 saturated heterocycles. The van der Waals surface area contributed by atoms with E-state index in [0.717, 1.165) is 63.6 Å². The van der Waals surface area contributed by atoms with E-state index in [1.54, 1.807) is 10.9 Å². The van der Waals surface area contributed by atoms with Crippen molar-refractivity contribution in [3.63, 3.8) is 0 Å². The van der Waals surface area contributed by atoms with E-state index in [-0.39, 0.29) is 6.04 Å². The molecule has 1 aromatic carbocycles. The third kappa shape index (κ3) is 5.14. The van der Waals surface area contributed by atoms with Crippen LogP contribution in [0.1, 0.15) is 56.7 Å². The number of hydrogen-bond donors (Lipinski definition) is 1. The van der Waals surface area contributed by atoms with Gasteiger partial charge in [-0.2, -0.15) is 18.3 Å². The minimum Gasteiger partial charge on any atom is -0.340 e. The lowest BCUT2D eigenvalue weighted by Crippen LogP contribution is -2.51. The topological polar surface area (TPSA) is 63.8 Å². The van der Waals surface area contributed by atoms with Gasteiger partial charge in [0.1, 0.15) is 11.6 Å². The summed E-state index contributed by atoms with van der Waals surface area (Å²) in [6.07, 6.45) is 1.13. The van der Waals surface area contributed by atoms with Gasteiger partial charge in [0.2, 0.25) is 0 Å². The summed E-state index contributed by atoms with van der Waals surface area (Å²) in [4.78, 5) is 11.1. The second kappa shape index (κ2) is 10.1. The average molecular weight is 526 g/mol. The second-order valence-electron chi connectivity index (χ2n) is 10.3. The highest BCUT2D eigenvalue weighted by Gasteiger charge is 2.38. The lowest BCUT2D eigenvalue weighted by Gasteiger charge is -2.39. The van der Waals surface area contributed by atoms with E-state index in [4.69, 9.17) is 9.97 Å². The molecule has 10 heteroatoms. The highest BCUT2D eigenvalue weighted by molar-refractivity contribution is 5.84. The van der Waals surface area contributed by atoms with Crippen molar-refractivity contribution >= 4 is 22.5 Å². The van der Waals surface area contributed by atoms with Crippen LogP contribution in [0, 0.1) is 6.92 Å². The Hall–Kier alpha value is -3.40. The lowest BCUT2D eigenvalue weighted by atomic mass is 10.1. The number of aromatic nitrogens is 5. The summed E-state index contributed by atoms with van der Waals surface area (Å²) in [6.45, 7) is 10.4. The fraction of sp³-hybridized carbons (Fsp3) is 0.464. The van der Waals surface area contributed by atoms with Crippen molar-refractivity contribution in [1.82, 2.24) is 29.2 Å². The molecule has 7 nitrogen and oxygen atoms in total. The normalized spacial score (nSPS) is 15.0. The third-order valence-corrected chi connectivity index (χ3v) is 7.20. The smallest absolute Gasteiger partial charge is 0.340 e. The van der Waals surface area contributed by atoms with Gasteiger partial charge in [-0.05, 0) is 62.9 Å². The van der Waals surface area contributed by atoms with Gasteiger partial charge >= 0.3 is 6.18 Å². The van der Waals surface area contributed by atoms with E-state index in [2.05, 4.69) is 60.9 Å². The Morgan fingerprint density at radius 2 is 1.79 bits per heavy atom. The quantitative estimate of drug-likeness (QED) is 0.286. The molecule has 0 aliphatic carbocycles. The number of nitrogens with zero attached hydrogens (tertiary/aromatic N) is 6. The van der Waals surface area contributed by atoms with E-state index < -0.39 is 12.7 Å². The highest BCUT2D eigenvalue weighted by atomic mass is 19.4. The first kappa shape index (κ1) is 26.2.